The van der Waals surface area contributed by atoms with Gasteiger partial charge in [-0.05, 0) is 74.8 Å². The van der Waals surface area contributed by atoms with Crippen molar-refractivity contribution in [2.24, 2.45) is 16.1 Å². The summed E-state index contributed by atoms with van der Waals surface area (Å²) >= 11 is 10.3. The number of rotatable bonds is 8. The molecule has 0 spiro atoms. The van der Waals surface area contributed by atoms with Crippen molar-refractivity contribution < 1.29 is 38.4 Å². The summed E-state index contributed by atoms with van der Waals surface area (Å²) in [7, 11) is 1.31. The number of aryl methyl sites for hydroxylation is 3. The second-order valence-corrected chi connectivity index (χ2v) is 24.0. The lowest BCUT2D eigenvalue weighted by atomic mass is 9.85. The van der Waals surface area contributed by atoms with Crippen molar-refractivity contribution in [2.45, 2.75) is 104 Å². The number of nitrogens with two attached hydrogens (primary N) is 1. The van der Waals surface area contributed by atoms with Crippen LogP contribution in [-0.2, 0) is 38.4 Å². The highest BCUT2D eigenvalue weighted by molar-refractivity contribution is 8.00. The van der Waals surface area contributed by atoms with E-state index in [0.29, 0.717) is 34.4 Å². The first-order valence-corrected chi connectivity index (χ1v) is 28.5. The predicted molar refractivity (Wildman–Crippen MR) is 298 cm³/mol. The van der Waals surface area contributed by atoms with Crippen LogP contribution in [0.2, 0.25) is 5.02 Å². The van der Waals surface area contributed by atoms with E-state index in [-0.39, 0.29) is 30.9 Å². The number of hydrogen-bond acceptors (Lipinski definition) is 15. The van der Waals surface area contributed by atoms with E-state index in [0.717, 1.165) is 59.4 Å². The van der Waals surface area contributed by atoms with Crippen LogP contribution < -0.4 is 32.3 Å². The molecule has 2 aromatic carbocycles. The summed E-state index contributed by atoms with van der Waals surface area (Å²) in [6.07, 6.45) is 0.482. The Balaban J connectivity index is 1.09. The first-order valence-electron chi connectivity index (χ1n) is 25.3. The normalized spacial score (nSPS) is 22.1. The monoisotopic (exact) mass is 1140 g/mol. The number of thioether (sulfide) groups is 1. The number of nitrogens with one attached hydrogen (secondary N) is 5. The van der Waals surface area contributed by atoms with Crippen molar-refractivity contribution in [3.05, 3.63) is 104 Å². The average molecular weight is 1140 g/mol. The number of aromatic nitrogens is 4. The van der Waals surface area contributed by atoms with Gasteiger partial charge in [-0.15, -0.1) is 44.6 Å². The Morgan fingerprint density at radius 2 is 1.59 bits per heavy atom. The van der Waals surface area contributed by atoms with Gasteiger partial charge in [-0.1, -0.05) is 68.8 Å². The molecule has 2 saturated heterocycles. The van der Waals surface area contributed by atoms with E-state index in [4.69, 9.17) is 22.3 Å². The minimum absolute atomic E-state index is 0.164. The molecule has 0 bridgehead atoms. The first-order chi connectivity index (χ1) is 37.0. The zero-order chi connectivity index (χ0) is 56.3. The van der Waals surface area contributed by atoms with Crippen LogP contribution in [0, 0.1) is 33.1 Å². The van der Waals surface area contributed by atoms with Gasteiger partial charge in [-0.3, -0.25) is 47.9 Å². The molecule has 78 heavy (non-hydrogen) atoms. The molecule has 7 N–H and O–H groups in total. The number of fused-ring (bicyclic) bond motifs is 4. The lowest BCUT2D eigenvalue weighted by molar-refractivity contribution is -0.144. The lowest BCUT2D eigenvalue weighted by Gasteiger charge is -2.35. The maximum absolute atomic E-state index is 14.6. The molecule has 8 rings (SSSR count). The number of thiophene rings is 1. The molecule has 0 radical (unpaired) electrons. The van der Waals surface area contributed by atoms with Crippen LogP contribution in [0.25, 0.3) is 15.4 Å². The van der Waals surface area contributed by atoms with Gasteiger partial charge in [-0.2, -0.15) is 0 Å². The molecule has 21 nitrogen and oxygen atoms in total. The molecule has 6 heterocycles. The molecule has 3 aliphatic rings. The number of thiazole rings is 1. The second kappa shape index (κ2) is 23.9. The summed E-state index contributed by atoms with van der Waals surface area (Å²) < 4.78 is 1.89. The third-order valence-electron chi connectivity index (χ3n) is 14.0. The van der Waals surface area contributed by atoms with E-state index < -0.39 is 102 Å². The van der Waals surface area contributed by atoms with E-state index in [1.54, 1.807) is 74.0 Å². The zero-order valence-corrected chi connectivity index (χ0v) is 47.6. The highest BCUT2D eigenvalue weighted by Crippen LogP contribution is 2.40. The molecule has 6 atom stereocenters. The zero-order valence-electron chi connectivity index (χ0n) is 44.4. The van der Waals surface area contributed by atoms with Gasteiger partial charge in [-0.25, -0.2) is 4.98 Å². The average Bonchev–Trinajstić information content (AvgIpc) is 4.27. The van der Waals surface area contributed by atoms with E-state index in [1.807, 2.05) is 44.4 Å². The van der Waals surface area contributed by atoms with E-state index in [1.165, 1.54) is 23.3 Å². The number of benzene rings is 2. The van der Waals surface area contributed by atoms with E-state index in [2.05, 4.69) is 41.8 Å². The molecule has 3 aliphatic heterocycles. The molecule has 2 fully saturated rings. The van der Waals surface area contributed by atoms with Crippen LogP contribution in [-0.4, -0.2) is 145 Å². The van der Waals surface area contributed by atoms with Crippen molar-refractivity contribution in [1.29, 1.82) is 0 Å². The number of primary amides is 1. The summed E-state index contributed by atoms with van der Waals surface area (Å²) in [4.78, 5) is 127. The fourth-order valence-electron chi connectivity index (χ4n) is 9.62. The quantitative estimate of drug-likeness (QED) is 0.130. The van der Waals surface area contributed by atoms with Gasteiger partial charge in [0.15, 0.2) is 5.82 Å². The van der Waals surface area contributed by atoms with Crippen molar-refractivity contribution in [3.8, 4) is 15.4 Å². The molecule has 0 aliphatic carbocycles. The summed E-state index contributed by atoms with van der Waals surface area (Å²) in [5.41, 5.74) is 12.0. The fourth-order valence-corrected chi connectivity index (χ4v) is 12.8. The Kier molecular flexibility index (Phi) is 17.5. The van der Waals surface area contributed by atoms with Crippen LogP contribution in [0.5, 0.6) is 0 Å². The Hall–Kier alpha value is -7.02. The molecule has 0 saturated carbocycles. The number of aliphatic imine (C=N–C) groups is 1. The van der Waals surface area contributed by atoms with Crippen molar-refractivity contribution >= 4 is 99.0 Å². The molecular formula is C53H62ClN13O8S3. The molecule has 1 unspecified atom stereocenters. The summed E-state index contributed by atoms with van der Waals surface area (Å²) in [5, 5.41) is 23.9. The smallest absolute Gasteiger partial charge is 0.247 e. The summed E-state index contributed by atoms with van der Waals surface area (Å²) in [6, 6.07) is 6.95. The van der Waals surface area contributed by atoms with Gasteiger partial charge in [0.05, 0.1) is 40.5 Å². The highest BCUT2D eigenvalue weighted by atomic mass is 35.5. The van der Waals surface area contributed by atoms with Crippen molar-refractivity contribution in [2.75, 3.05) is 38.2 Å². The predicted octanol–water partition coefficient (Wildman–Crippen LogP) is 3.78. The van der Waals surface area contributed by atoms with Crippen LogP contribution in [0.15, 0.2) is 59.0 Å². The Labute approximate surface area is 468 Å². The molecule has 3 aromatic heterocycles. The minimum Gasteiger partial charge on any atom is -0.368 e. The van der Waals surface area contributed by atoms with Crippen LogP contribution in [0.3, 0.4) is 0 Å². The highest BCUT2D eigenvalue weighted by Gasteiger charge is 2.43. The Morgan fingerprint density at radius 1 is 0.885 bits per heavy atom. The summed E-state index contributed by atoms with van der Waals surface area (Å²) in [6.45, 7) is 12.1. The molecule has 412 valence electrons. The van der Waals surface area contributed by atoms with Crippen molar-refractivity contribution in [1.82, 2.24) is 56.1 Å². The largest absolute Gasteiger partial charge is 0.368 e. The minimum atomic E-state index is -1.54. The third kappa shape index (κ3) is 12.5. The second-order valence-electron chi connectivity index (χ2n) is 20.5. The number of nitrogens with zero attached hydrogens (tertiary/aromatic N) is 7. The van der Waals surface area contributed by atoms with Gasteiger partial charge in [0, 0.05) is 46.9 Å². The lowest BCUT2D eigenvalue weighted by Crippen LogP contribution is -2.58. The number of likely N-dealkylation sites (N-methyl/N-ethyl adjacent to an activating group) is 1. The fraction of sp³-hybridized carbons (Fsp3) is 0.434. The maximum atomic E-state index is 14.6. The van der Waals surface area contributed by atoms with Gasteiger partial charge in [0.2, 0.25) is 47.3 Å². The first kappa shape index (κ1) is 57.2. The van der Waals surface area contributed by atoms with Crippen LogP contribution in [0.4, 0.5) is 0 Å². The third-order valence-corrected chi connectivity index (χ3v) is 17.4. The van der Waals surface area contributed by atoms with E-state index >= 15 is 0 Å². The Bertz CT molecular complexity index is 3190. The van der Waals surface area contributed by atoms with Gasteiger partial charge in [0.25, 0.3) is 0 Å². The number of hydrogen-bond donors (Lipinski definition) is 6. The van der Waals surface area contributed by atoms with Gasteiger partial charge in [0.1, 0.15) is 47.1 Å². The topological polar surface area (TPSA) is 285 Å². The molecular weight excluding hydrogens is 1080 g/mol. The summed E-state index contributed by atoms with van der Waals surface area (Å²) in [5.74, 6) is -5.07. The van der Waals surface area contributed by atoms with Crippen LogP contribution in [0.1, 0.15) is 96.6 Å². The molecule has 8 amide bonds. The SMILES string of the molecule is Cc1ncsc1-c1ccc([C@H]2NC(=O)[C@@H]3CCCN3C(=O)C(C(C)(C)C)NC(=O)CSC[C@H](C(N)=O)N(C)C(=O)[C@@H](CNC(=O)C[C@@H]3N=C(c4ccc(Cl)cc4)c4c(sc(C)c4C)-n4c(C)nnc43)NC(=O)CNC2=O)cc1. The van der Waals surface area contributed by atoms with Gasteiger partial charge >= 0.3 is 0 Å². The Morgan fingerprint density at radius 3 is 2.26 bits per heavy atom. The van der Waals surface area contributed by atoms with Crippen LogP contribution >= 0.6 is 46.0 Å². The van der Waals surface area contributed by atoms with Gasteiger partial charge < -0.3 is 42.1 Å². The number of carbonyl (C=O) groups excluding carboxylic acids is 8. The van der Waals surface area contributed by atoms with E-state index in [9.17, 15) is 38.4 Å². The molecule has 25 heteroatoms. The molecule has 5 aromatic rings. The number of amides is 8. The number of carbonyl (C=O) groups is 8. The maximum Gasteiger partial charge on any atom is 0.247 e. The number of halogens is 1. The van der Waals surface area contributed by atoms with Crippen molar-refractivity contribution in [3.63, 3.8) is 0 Å². The standard InChI is InChI=1S/C53H62ClN13O8S3/c1-26-28(3)78-52-41(26)42(30-15-17-33(54)18-16-30)60-34(47-64-63-29(4)67(47)52)20-38(68)56-21-35-50(74)65(8)37(46(55)71)23-76-24-40(70)61-45(53(5,6)7)51(75)66-19-9-10-36(66)48(72)62-43(49(73)57-22-39(69)59-35)31-11-13-32(14-12-31)44-27(2)58-25-77-44/h11-18,25,34-37,43,45H,9-10,19-24H2,1-8H3,(H2,55,71)(H,56,68)(H,57,73)(H,59,69)(H,61,70)(H,62,72)/t34-,35+,36-,37+,43+,45?/m0/s1.